The Bertz CT molecular complexity index is 760. The SMILES string of the molecule is Cc1ccc(Cl)cc1NC(=O)c1ccccc1OCC(=O)N(C)C. The predicted octanol–water partition coefficient (Wildman–Crippen LogP) is 3.37. The Labute approximate surface area is 146 Å². The van der Waals surface area contributed by atoms with E-state index in [1.807, 2.05) is 13.0 Å². The average Bonchev–Trinajstić information content (AvgIpc) is 2.56. The molecule has 0 radical (unpaired) electrons. The van der Waals surface area contributed by atoms with Crippen LogP contribution in [0, 0.1) is 6.92 Å². The van der Waals surface area contributed by atoms with E-state index >= 15 is 0 Å². The number of ether oxygens (including phenoxy) is 1. The number of carbonyl (C=O) groups excluding carboxylic acids is 2. The fourth-order valence-electron chi connectivity index (χ4n) is 1.97. The lowest BCUT2D eigenvalue weighted by atomic mass is 10.1. The molecule has 0 aliphatic carbocycles. The highest BCUT2D eigenvalue weighted by Crippen LogP contribution is 2.23. The zero-order valence-corrected chi connectivity index (χ0v) is 14.6. The Morgan fingerprint density at radius 1 is 1.17 bits per heavy atom. The highest BCUT2D eigenvalue weighted by molar-refractivity contribution is 6.31. The maximum Gasteiger partial charge on any atom is 0.259 e. The summed E-state index contributed by atoms with van der Waals surface area (Å²) >= 11 is 5.97. The normalized spacial score (nSPS) is 10.2. The van der Waals surface area contributed by atoms with Gasteiger partial charge < -0.3 is 15.0 Å². The van der Waals surface area contributed by atoms with Crippen molar-refractivity contribution >= 4 is 29.1 Å². The van der Waals surface area contributed by atoms with E-state index in [0.29, 0.717) is 22.0 Å². The summed E-state index contributed by atoms with van der Waals surface area (Å²) in [7, 11) is 3.29. The molecule has 0 fully saturated rings. The van der Waals surface area contributed by atoms with Gasteiger partial charge in [-0.3, -0.25) is 9.59 Å². The van der Waals surface area contributed by atoms with Crippen LogP contribution in [0.1, 0.15) is 15.9 Å². The van der Waals surface area contributed by atoms with E-state index in [0.717, 1.165) is 5.56 Å². The van der Waals surface area contributed by atoms with Crippen LogP contribution < -0.4 is 10.1 Å². The number of likely N-dealkylation sites (N-methyl/N-ethyl adjacent to an activating group) is 1. The van der Waals surface area contributed by atoms with Gasteiger partial charge in [-0.05, 0) is 36.8 Å². The third kappa shape index (κ3) is 4.49. The van der Waals surface area contributed by atoms with Crippen LogP contribution in [0.5, 0.6) is 5.75 Å². The van der Waals surface area contributed by atoms with Gasteiger partial charge in [0.15, 0.2) is 6.61 Å². The molecule has 0 saturated heterocycles. The highest BCUT2D eigenvalue weighted by atomic mass is 35.5. The van der Waals surface area contributed by atoms with Crippen LogP contribution in [-0.4, -0.2) is 37.4 Å². The molecule has 0 bridgehead atoms. The van der Waals surface area contributed by atoms with Crippen molar-refractivity contribution in [3.8, 4) is 5.75 Å². The standard InChI is InChI=1S/C18H19ClN2O3/c1-12-8-9-13(19)10-15(12)20-18(23)14-6-4-5-7-16(14)24-11-17(22)21(2)3/h4-10H,11H2,1-3H3,(H,20,23). The van der Waals surface area contributed by atoms with Crippen LogP contribution in [0.4, 0.5) is 5.69 Å². The molecule has 0 heterocycles. The number of nitrogens with one attached hydrogen (secondary N) is 1. The Morgan fingerprint density at radius 2 is 1.88 bits per heavy atom. The summed E-state index contributed by atoms with van der Waals surface area (Å²) in [6.45, 7) is 1.75. The number of hydrogen-bond acceptors (Lipinski definition) is 3. The molecule has 0 aliphatic heterocycles. The lowest BCUT2D eigenvalue weighted by molar-refractivity contribution is -0.130. The predicted molar refractivity (Wildman–Crippen MR) is 94.8 cm³/mol. The smallest absolute Gasteiger partial charge is 0.259 e. The largest absolute Gasteiger partial charge is 0.483 e. The van der Waals surface area contributed by atoms with Gasteiger partial charge in [-0.2, -0.15) is 0 Å². The van der Waals surface area contributed by atoms with Crippen LogP contribution in [0.3, 0.4) is 0 Å². The van der Waals surface area contributed by atoms with Crippen molar-refractivity contribution < 1.29 is 14.3 Å². The number of para-hydroxylation sites is 1. The Morgan fingerprint density at radius 3 is 2.58 bits per heavy atom. The van der Waals surface area contributed by atoms with Crippen molar-refractivity contribution in [2.24, 2.45) is 0 Å². The van der Waals surface area contributed by atoms with Crippen molar-refractivity contribution in [3.05, 3.63) is 58.6 Å². The number of hydrogen-bond donors (Lipinski definition) is 1. The van der Waals surface area contributed by atoms with Gasteiger partial charge in [0.25, 0.3) is 11.8 Å². The first-order chi connectivity index (χ1) is 11.4. The number of aryl methyl sites for hydroxylation is 1. The molecule has 0 unspecified atom stereocenters. The summed E-state index contributed by atoms with van der Waals surface area (Å²) in [5.41, 5.74) is 1.88. The molecule has 0 aliphatic rings. The van der Waals surface area contributed by atoms with Crippen LogP contribution >= 0.6 is 11.6 Å². The molecular formula is C18H19ClN2O3. The maximum atomic E-state index is 12.5. The molecule has 2 aromatic rings. The first-order valence-electron chi connectivity index (χ1n) is 7.38. The molecule has 24 heavy (non-hydrogen) atoms. The minimum atomic E-state index is -0.326. The Kier molecular flexibility index (Phi) is 5.82. The Hall–Kier alpha value is -2.53. The summed E-state index contributed by atoms with van der Waals surface area (Å²) in [4.78, 5) is 25.6. The molecule has 0 atom stereocenters. The minimum absolute atomic E-state index is 0.131. The van der Waals surface area contributed by atoms with Gasteiger partial charge in [-0.25, -0.2) is 0 Å². The number of anilines is 1. The van der Waals surface area contributed by atoms with Crippen LogP contribution in [-0.2, 0) is 4.79 Å². The first kappa shape index (κ1) is 17.8. The van der Waals surface area contributed by atoms with E-state index < -0.39 is 0 Å². The number of halogens is 1. The summed E-state index contributed by atoms with van der Waals surface area (Å²) in [5.74, 6) is -0.158. The fraction of sp³-hybridized carbons (Fsp3) is 0.222. The second-order valence-electron chi connectivity index (χ2n) is 5.49. The van der Waals surface area contributed by atoms with E-state index in [9.17, 15) is 9.59 Å². The summed E-state index contributed by atoms with van der Waals surface area (Å²) in [5, 5.41) is 3.36. The van der Waals surface area contributed by atoms with Crippen molar-refractivity contribution in [3.63, 3.8) is 0 Å². The van der Waals surface area contributed by atoms with Crippen LogP contribution in [0.2, 0.25) is 5.02 Å². The topological polar surface area (TPSA) is 58.6 Å². The summed E-state index contributed by atoms with van der Waals surface area (Å²) < 4.78 is 5.49. The monoisotopic (exact) mass is 346 g/mol. The van der Waals surface area contributed by atoms with E-state index in [1.54, 1.807) is 50.5 Å². The van der Waals surface area contributed by atoms with Crippen molar-refractivity contribution in [1.29, 1.82) is 0 Å². The van der Waals surface area contributed by atoms with Gasteiger partial charge in [0.2, 0.25) is 0 Å². The van der Waals surface area contributed by atoms with E-state index in [-0.39, 0.29) is 18.4 Å². The molecule has 0 saturated carbocycles. The van der Waals surface area contributed by atoms with Crippen molar-refractivity contribution in [1.82, 2.24) is 4.90 Å². The fourth-order valence-corrected chi connectivity index (χ4v) is 2.14. The van der Waals surface area contributed by atoms with Gasteiger partial charge in [-0.15, -0.1) is 0 Å². The lowest BCUT2D eigenvalue weighted by Crippen LogP contribution is -2.28. The maximum absolute atomic E-state index is 12.5. The van der Waals surface area contributed by atoms with Crippen LogP contribution in [0.15, 0.2) is 42.5 Å². The van der Waals surface area contributed by atoms with E-state index in [4.69, 9.17) is 16.3 Å². The zero-order chi connectivity index (χ0) is 17.7. The number of amides is 2. The molecule has 6 heteroatoms. The lowest BCUT2D eigenvalue weighted by Gasteiger charge is -2.14. The second kappa shape index (κ2) is 7.84. The van der Waals surface area contributed by atoms with Crippen molar-refractivity contribution in [2.45, 2.75) is 6.92 Å². The van der Waals surface area contributed by atoms with Gasteiger partial charge >= 0.3 is 0 Å². The molecule has 2 amide bonds. The molecule has 0 spiro atoms. The molecule has 0 aromatic heterocycles. The number of benzene rings is 2. The first-order valence-corrected chi connectivity index (χ1v) is 7.75. The summed E-state index contributed by atoms with van der Waals surface area (Å²) in [6.07, 6.45) is 0. The number of carbonyl (C=O) groups is 2. The number of nitrogens with zero attached hydrogens (tertiary/aromatic N) is 1. The van der Waals surface area contributed by atoms with Gasteiger partial charge in [0, 0.05) is 24.8 Å². The van der Waals surface area contributed by atoms with E-state index in [1.165, 1.54) is 4.90 Å². The average molecular weight is 347 g/mol. The Balaban J connectivity index is 2.17. The molecule has 1 N–H and O–H groups in total. The van der Waals surface area contributed by atoms with Gasteiger partial charge in [0.1, 0.15) is 5.75 Å². The molecule has 5 nitrogen and oxygen atoms in total. The molecule has 2 aromatic carbocycles. The van der Waals surface area contributed by atoms with Gasteiger partial charge in [0.05, 0.1) is 5.56 Å². The third-order valence-corrected chi connectivity index (χ3v) is 3.66. The van der Waals surface area contributed by atoms with E-state index in [2.05, 4.69) is 5.32 Å². The second-order valence-corrected chi connectivity index (χ2v) is 5.92. The highest BCUT2D eigenvalue weighted by Gasteiger charge is 2.15. The third-order valence-electron chi connectivity index (χ3n) is 3.43. The van der Waals surface area contributed by atoms with Crippen LogP contribution in [0.25, 0.3) is 0 Å². The summed E-state index contributed by atoms with van der Waals surface area (Å²) in [6, 6.07) is 12.1. The van der Waals surface area contributed by atoms with Gasteiger partial charge in [-0.1, -0.05) is 29.8 Å². The zero-order valence-electron chi connectivity index (χ0n) is 13.8. The quantitative estimate of drug-likeness (QED) is 0.903. The molecular weight excluding hydrogens is 328 g/mol. The van der Waals surface area contributed by atoms with Crippen molar-refractivity contribution in [2.75, 3.05) is 26.0 Å². The molecule has 126 valence electrons. The minimum Gasteiger partial charge on any atom is -0.483 e. The molecule has 2 rings (SSSR count). The number of rotatable bonds is 5.